The average molecular weight is 285 g/mol. The molecule has 106 valence electrons. The maximum absolute atomic E-state index is 11.9. The van der Waals surface area contributed by atoms with Crippen LogP contribution in [-0.2, 0) is 10.0 Å². The van der Waals surface area contributed by atoms with Gasteiger partial charge in [-0.25, -0.2) is 8.42 Å². The van der Waals surface area contributed by atoms with Crippen LogP contribution in [0, 0.1) is 5.41 Å². The van der Waals surface area contributed by atoms with Crippen molar-refractivity contribution < 1.29 is 13.2 Å². The summed E-state index contributed by atoms with van der Waals surface area (Å²) < 4.78 is 31.4. The molecule has 1 rings (SSSR count). The molecule has 1 aromatic carbocycles. The van der Waals surface area contributed by atoms with Crippen LogP contribution in [0.1, 0.15) is 25.3 Å². The highest BCUT2D eigenvalue weighted by atomic mass is 32.2. The summed E-state index contributed by atoms with van der Waals surface area (Å²) in [6.45, 7) is 1.92. The Balaban J connectivity index is 3.15. The molecule has 0 amide bonds. The zero-order chi connectivity index (χ0) is 14.5. The predicted molar refractivity (Wildman–Crippen MR) is 76.3 cm³/mol. The number of nitrogen functional groups attached to an aromatic ring is 1. The monoisotopic (exact) mass is 285 g/mol. The maximum atomic E-state index is 11.9. The molecule has 0 heterocycles. The van der Waals surface area contributed by atoms with E-state index in [2.05, 4.69) is 4.72 Å². The zero-order valence-corrected chi connectivity index (χ0v) is 11.9. The number of nitrogens with one attached hydrogen (secondary N) is 2. The summed E-state index contributed by atoms with van der Waals surface area (Å²) in [5.41, 5.74) is 5.97. The van der Waals surface area contributed by atoms with Crippen molar-refractivity contribution in [2.45, 2.75) is 19.8 Å². The van der Waals surface area contributed by atoms with E-state index in [0.29, 0.717) is 17.7 Å². The quantitative estimate of drug-likeness (QED) is 0.521. The molecule has 0 unspecified atom stereocenters. The summed E-state index contributed by atoms with van der Waals surface area (Å²) in [6, 6.07) is 4.84. The molecule has 0 bridgehead atoms. The van der Waals surface area contributed by atoms with E-state index < -0.39 is 10.0 Å². The molecule has 0 spiro atoms. The fourth-order valence-corrected chi connectivity index (χ4v) is 2.86. The largest absolute Gasteiger partial charge is 0.495 e. The number of methoxy groups -OCH3 is 1. The molecule has 0 fully saturated rings. The Morgan fingerprint density at radius 2 is 2.16 bits per heavy atom. The van der Waals surface area contributed by atoms with Gasteiger partial charge >= 0.3 is 0 Å². The van der Waals surface area contributed by atoms with E-state index in [4.69, 9.17) is 15.9 Å². The van der Waals surface area contributed by atoms with Crippen molar-refractivity contribution in [3.05, 3.63) is 23.8 Å². The van der Waals surface area contributed by atoms with Crippen LogP contribution in [0.15, 0.2) is 18.2 Å². The minimum absolute atomic E-state index is 0.0267. The van der Waals surface area contributed by atoms with Crippen LogP contribution >= 0.6 is 0 Å². The lowest BCUT2D eigenvalue weighted by Gasteiger charge is -2.15. The van der Waals surface area contributed by atoms with Gasteiger partial charge in [0.05, 0.1) is 12.9 Å². The molecule has 0 aliphatic rings. The van der Waals surface area contributed by atoms with Gasteiger partial charge < -0.3 is 10.5 Å². The highest BCUT2D eigenvalue weighted by Crippen LogP contribution is 2.29. The Bertz CT molecular complexity index is 555. The molecule has 0 aliphatic carbocycles. The Hall–Kier alpha value is -1.76. The number of unbranched alkanes of at least 4 members (excludes halogenated alkanes) is 1. The van der Waals surface area contributed by atoms with Crippen LogP contribution in [0.5, 0.6) is 5.75 Å². The summed E-state index contributed by atoms with van der Waals surface area (Å²) in [6.07, 6.45) is 1.35. The molecular formula is C12H19N3O3S. The van der Waals surface area contributed by atoms with E-state index >= 15 is 0 Å². The third kappa shape index (κ3) is 4.13. The Morgan fingerprint density at radius 1 is 1.47 bits per heavy atom. The van der Waals surface area contributed by atoms with Crippen LogP contribution in [0.25, 0.3) is 0 Å². The molecule has 0 atom stereocenters. The van der Waals surface area contributed by atoms with Crippen LogP contribution < -0.4 is 15.2 Å². The standard InChI is InChI=1S/C12H19N3O3S/c1-3-4-8-19(16,17)15-11-9(12(13)14)6-5-7-10(11)18-2/h5-7,15H,3-4,8H2,1-2H3,(H3,13,14). The minimum Gasteiger partial charge on any atom is -0.495 e. The van der Waals surface area contributed by atoms with Gasteiger partial charge in [-0.15, -0.1) is 0 Å². The van der Waals surface area contributed by atoms with Crippen LogP contribution in [0.2, 0.25) is 0 Å². The number of sulfonamides is 1. The Kier molecular flexibility index (Phi) is 5.17. The molecule has 0 aromatic heterocycles. The summed E-state index contributed by atoms with van der Waals surface area (Å²) >= 11 is 0. The van der Waals surface area contributed by atoms with Gasteiger partial charge in [-0.2, -0.15) is 0 Å². The van der Waals surface area contributed by atoms with Crippen molar-refractivity contribution in [3.8, 4) is 5.75 Å². The molecule has 0 radical (unpaired) electrons. The van der Waals surface area contributed by atoms with Crippen molar-refractivity contribution in [1.82, 2.24) is 0 Å². The van der Waals surface area contributed by atoms with Gasteiger partial charge in [0.2, 0.25) is 10.0 Å². The van der Waals surface area contributed by atoms with Gasteiger partial charge in [-0.05, 0) is 18.6 Å². The van der Waals surface area contributed by atoms with E-state index in [9.17, 15) is 8.42 Å². The molecular weight excluding hydrogens is 266 g/mol. The first-order chi connectivity index (χ1) is 8.91. The third-order valence-electron chi connectivity index (χ3n) is 2.56. The Morgan fingerprint density at radius 3 is 2.68 bits per heavy atom. The number of para-hydroxylation sites is 1. The second-order valence-corrected chi connectivity index (χ2v) is 5.91. The summed E-state index contributed by atoms with van der Waals surface area (Å²) in [5, 5.41) is 7.48. The van der Waals surface area contributed by atoms with Crippen molar-refractivity contribution >= 4 is 21.5 Å². The lowest BCUT2D eigenvalue weighted by atomic mass is 10.1. The second-order valence-electron chi connectivity index (χ2n) is 4.07. The lowest BCUT2D eigenvalue weighted by molar-refractivity contribution is 0.417. The number of ether oxygens (including phenoxy) is 1. The maximum Gasteiger partial charge on any atom is 0.232 e. The van der Waals surface area contributed by atoms with Crippen molar-refractivity contribution in [3.63, 3.8) is 0 Å². The smallest absolute Gasteiger partial charge is 0.232 e. The predicted octanol–water partition coefficient (Wildman–Crippen LogP) is 1.52. The first-order valence-corrected chi connectivity index (χ1v) is 7.58. The van der Waals surface area contributed by atoms with Crippen molar-refractivity contribution in [1.29, 1.82) is 5.41 Å². The number of anilines is 1. The fourth-order valence-electron chi connectivity index (χ4n) is 1.57. The highest BCUT2D eigenvalue weighted by Gasteiger charge is 2.17. The molecule has 0 saturated heterocycles. The first kappa shape index (κ1) is 15.3. The topological polar surface area (TPSA) is 105 Å². The minimum atomic E-state index is -3.47. The Labute approximate surface area is 113 Å². The van der Waals surface area contributed by atoms with Gasteiger partial charge in [0.15, 0.2) is 0 Å². The van der Waals surface area contributed by atoms with Crippen molar-refractivity contribution in [2.75, 3.05) is 17.6 Å². The van der Waals surface area contributed by atoms with Crippen molar-refractivity contribution in [2.24, 2.45) is 5.73 Å². The van der Waals surface area contributed by atoms with Gasteiger partial charge in [0.25, 0.3) is 0 Å². The van der Waals surface area contributed by atoms with Gasteiger partial charge in [-0.1, -0.05) is 19.4 Å². The van der Waals surface area contributed by atoms with Gasteiger partial charge in [0, 0.05) is 5.56 Å². The van der Waals surface area contributed by atoms with E-state index in [1.54, 1.807) is 18.2 Å². The van der Waals surface area contributed by atoms with Gasteiger partial charge in [0.1, 0.15) is 17.3 Å². The van der Waals surface area contributed by atoms with Crippen LogP contribution in [0.4, 0.5) is 5.69 Å². The lowest BCUT2D eigenvalue weighted by Crippen LogP contribution is -2.21. The van der Waals surface area contributed by atoms with Crippen LogP contribution in [-0.4, -0.2) is 27.1 Å². The number of hydrogen-bond donors (Lipinski definition) is 3. The number of nitrogens with two attached hydrogens (primary N) is 1. The fraction of sp³-hybridized carbons (Fsp3) is 0.417. The molecule has 0 saturated carbocycles. The normalized spacial score (nSPS) is 11.1. The van der Waals surface area contributed by atoms with Crippen LogP contribution in [0.3, 0.4) is 0 Å². The SMILES string of the molecule is CCCCS(=O)(=O)Nc1c(OC)cccc1C(=N)N. The zero-order valence-electron chi connectivity index (χ0n) is 11.1. The summed E-state index contributed by atoms with van der Waals surface area (Å²) in [5.74, 6) is 0.152. The highest BCUT2D eigenvalue weighted by molar-refractivity contribution is 7.92. The second kappa shape index (κ2) is 6.42. The molecule has 7 heteroatoms. The molecule has 1 aromatic rings. The number of benzene rings is 1. The number of hydrogen-bond acceptors (Lipinski definition) is 4. The van der Waals surface area contributed by atoms with E-state index in [-0.39, 0.29) is 17.3 Å². The molecule has 19 heavy (non-hydrogen) atoms. The summed E-state index contributed by atoms with van der Waals surface area (Å²) in [7, 11) is -2.03. The summed E-state index contributed by atoms with van der Waals surface area (Å²) in [4.78, 5) is 0. The van der Waals surface area contributed by atoms with E-state index in [1.165, 1.54) is 7.11 Å². The van der Waals surface area contributed by atoms with Gasteiger partial charge in [-0.3, -0.25) is 10.1 Å². The molecule has 4 N–H and O–H groups in total. The molecule has 6 nitrogen and oxygen atoms in total. The average Bonchev–Trinajstić information content (AvgIpc) is 2.36. The number of amidine groups is 1. The van der Waals surface area contributed by atoms with E-state index in [0.717, 1.165) is 6.42 Å². The molecule has 0 aliphatic heterocycles. The van der Waals surface area contributed by atoms with E-state index in [1.807, 2.05) is 6.92 Å². The number of rotatable bonds is 7. The third-order valence-corrected chi connectivity index (χ3v) is 3.90. The first-order valence-electron chi connectivity index (χ1n) is 5.93.